The molecule has 7 heteroatoms. The van der Waals surface area contributed by atoms with E-state index < -0.39 is 6.61 Å². The van der Waals surface area contributed by atoms with Gasteiger partial charge in [-0.05, 0) is 37.3 Å². The Balaban J connectivity index is 0.00000242. The zero-order chi connectivity index (χ0) is 15.4. The molecule has 0 aliphatic heterocycles. The number of nitrogens with two attached hydrogens (primary N) is 1. The summed E-state index contributed by atoms with van der Waals surface area (Å²) in [5.74, 6) is 0.122. The van der Waals surface area contributed by atoms with Crippen molar-refractivity contribution in [1.82, 2.24) is 0 Å². The molecular formula is C15H21ClF2N2O2. The van der Waals surface area contributed by atoms with Gasteiger partial charge in [0.25, 0.3) is 0 Å². The highest BCUT2D eigenvalue weighted by atomic mass is 35.5. The molecule has 0 radical (unpaired) electrons. The Labute approximate surface area is 134 Å². The van der Waals surface area contributed by atoms with Crippen molar-refractivity contribution in [3.63, 3.8) is 0 Å². The first-order chi connectivity index (χ1) is 9.95. The smallest absolute Gasteiger partial charge is 0.387 e. The summed E-state index contributed by atoms with van der Waals surface area (Å²) in [6, 6.07) is 4.79. The maximum absolute atomic E-state index is 12.3. The van der Waals surface area contributed by atoms with Crippen molar-refractivity contribution in [2.75, 3.05) is 5.32 Å². The van der Waals surface area contributed by atoms with Crippen LogP contribution < -0.4 is 15.8 Å². The number of halogens is 3. The first kappa shape index (κ1) is 18.6. The van der Waals surface area contributed by atoms with Gasteiger partial charge in [0.2, 0.25) is 5.91 Å². The van der Waals surface area contributed by atoms with Crippen LogP contribution in [0.1, 0.15) is 31.2 Å². The quantitative estimate of drug-likeness (QED) is 0.866. The van der Waals surface area contributed by atoms with Crippen LogP contribution in [0.4, 0.5) is 14.5 Å². The Morgan fingerprint density at radius 1 is 1.45 bits per heavy atom. The van der Waals surface area contributed by atoms with Gasteiger partial charge in [0.1, 0.15) is 5.75 Å². The molecule has 1 fully saturated rings. The van der Waals surface area contributed by atoms with E-state index in [2.05, 4.69) is 10.1 Å². The van der Waals surface area contributed by atoms with E-state index in [9.17, 15) is 13.6 Å². The summed E-state index contributed by atoms with van der Waals surface area (Å²) in [6.07, 6.45) is 3.33. The minimum Gasteiger partial charge on any atom is -0.434 e. The number of hydrogen-bond acceptors (Lipinski definition) is 3. The predicted octanol–water partition coefficient (Wildman–Crippen LogP) is 3.47. The molecule has 0 saturated heterocycles. The van der Waals surface area contributed by atoms with E-state index in [1.165, 1.54) is 6.07 Å². The van der Waals surface area contributed by atoms with Gasteiger partial charge >= 0.3 is 6.61 Å². The molecular weight excluding hydrogens is 314 g/mol. The summed E-state index contributed by atoms with van der Waals surface area (Å²) in [6.45, 7) is -1.22. The van der Waals surface area contributed by atoms with Crippen LogP contribution in [0.25, 0.3) is 0 Å². The number of rotatable bonds is 5. The fraction of sp³-hybridized carbons (Fsp3) is 0.533. The monoisotopic (exact) mass is 334 g/mol. The van der Waals surface area contributed by atoms with E-state index in [1.54, 1.807) is 19.1 Å². The van der Waals surface area contributed by atoms with Gasteiger partial charge in [0, 0.05) is 24.2 Å². The molecule has 1 aliphatic rings. The molecule has 0 unspecified atom stereocenters. The number of hydrogen-bond donors (Lipinski definition) is 2. The second-order valence-corrected chi connectivity index (χ2v) is 5.47. The van der Waals surface area contributed by atoms with Crippen LogP contribution in [0.2, 0.25) is 0 Å². The lowest BCUT2D eigenvalue weighted by Crippen LogP contribution is -2.28. The third kappa shape index (κ3) is 5.10. The maximum atomic E-state index is 12.3. The fourth-order valence-corrected chi connectivity index (χ4v) is 2.67. The number of ether oxygens (including phenoxy) is 1. The molecule has 124 valence electrons. The van der Waals surface area contributed by atoms with E-state index in [1.807, 2.05) is 0 Å². The first-order valence-electron chi connectivity index (χ1n) is 7.06. The summed E-state index contributed by atoms with van der Waals surface area (Å²) in [7, 11) is 0. The predicted molar refractivity (Wildman–Crippen MR) is 83.6 cm³/mol. The zero-order valence-electron chi connectivity index (χ0n) is 12.4. The highest BCUT2D eigenvalue weighted by molar-refractivity contribution is 5.91. The standard InChI is InChI=1S/C15H20F2N2O2.ClH/c1-9-5-6-11(8-13(9)21-15(16)17)19-14(20)7-10-3-2-4-12(10)18;/h5-6,8,10,12,15H,2-4,7,18H2,1H3,(H,19,20);1H/t10-,12+;/m0./s1. The number of benzene rings is 1. The molecule has 0 heterocycles. The topological polar surface area (TPSA) is 64.4 Å². The molecule has 1 aromatic carbocycles. The van der Waals surface area contributed by atoms with Gasteiger partial charge in [-0.3, -0.25) is 4.79 Å². The van der Waals surface area contributed by atoms with Crippen molar-refractivity contribution < 1.29 is 18.3 Å². The molecule has 1 saturated carbocycles. The van der Waals surface area contributed by atoms with Crippen LogP contribution in [-0.4, -0.2) is 18.6 Å². The lowest BCUT2D eigenvalue weighted by molar-refractivity contribution is -0.117. The van der Waals surface area contributed by atoms with Crippen LogP contribution in [-0.2, 0) is 4.79 Å². The van der Waals surface area contributed by atoms with E-state index in [0.717, 1.165) is 19.3 Å². The van der Waals surface area contributed by atoms with E-state index in [0.29, 0.717) is 17.7 Å². The Bertz CT molecular complexity index is 514. The average Bonchev–Trinajstić information content (AvgIpc) is 2.78. The number of carbonyl (C=O) groups excluding carboxylic acids is 1. The molecule has 0 bridgehead atoms. The normalized spacial score (nSPS) is 20.6. The number of anilines is 1. The highest BCUT2D eigenvalue weighted by Gasteiger charge is 2.26. The van der Waals surface area contributed by atoms with Gasteiger partial charge in [0.05, 0.1) is 0 Å². The average molecular weight is 335 g/mol. The second kappa shape index (κ2) is 8.29. The van der Waals surface area contributed by atoms with Crippen molar-refractivity contribution >= 4 is 24.0 Å². The number of aryl methyl sites for hydroxylation is 1. The minimum atomic E-state index is -2.88. The van der Waals surface area contributed by atoms with E-state index >= 15 is 0 Å². The fourth-order valence-electron chi connectivity index (χ4n) is 2.67. The van der Waals surface area contributed by atoms with Gasteiger partial charge in [-0.15, -0.1) is 12.4 Å². The Kier molecular flexibility index (Phi) is 7.03. The van der Waals surface area contributed by atoms with Crippen molar-refractivity contribution in [3.05, 3.63) is 23.8 Å². The SMILES string of the molecule is Cc1ccc(NC(=O)C[C@@H]2CCC[C@H]2N)cc1OC(F)F.Cl. The van der Waals surface area contributed by atoms with Gasteiger partial charge in [-0.25, -0.2) is 0 Å². The number of alkyl halides is 2. The van der Waals surface area contributed by atoms with Crippen molar-refractivity contribution in [3.8, 4) is 5.75 Å². The number of nitrogens with one attached hydrogen (secondary N) is 1. The molecule has 4 nitrogen and oxygen atoms in total. The van der Waals surface area contributed by atoms with Gasteiger partial charge in [-0.2, -0.15) is 8.78 Å². The van der Waals surface area contributed by atoms with Gasteiger partial charge in [0.15, 0.2) is 0 Å². The summed E-state index contributed by atoms with van der Waals surface area (Å²) < 4.78 is 29.0. The minimum absolute atomic E-state index is 0. The van der Waals surface area contributed by atoms with E-state index in [-0.39, 0.29) is 36.0 Å². The molecule has 0 spiro atoms. The molecule has 1 aromatic rings. The van der Waals surface area contributed by atoms with Crippen molar-refractivity contribution in [2.45, 2.75) is 45.3 Å². The number of amides is 1. The van der Waals surface area contributed by atoms with E-state index in [4.69, 9.17) is 5.73 Å². The summed E-state index contributed by atoms with van der Waals surface area (Å²) in [5, 5.41) is 2.71. The van der Waals surface area contributed by atoms with Crippen LogP contribution in [0.15, 0.2) is 18.2 Å². The largest absolute Gasteiger partial charge is 0.434 e. The molecule has 2 atom stereocenters. The molecule has 1 amide bonds. The highest BCUT2D eigenvalue weighted by Crippen LogP contribution is 2.28. The molecule has 3 N–H and O–H groups in total. The van der Waals surface area contributed by atoms with Crippen molar-refractivity contribution in [1.29, 1.82) is 0 Å². The zero-order valence-corrected chi connectivity index (χ0v) is 13.2. The van der Waals surface area contributed by atoms with Crippen LogP contribution in [0, 0.1) is 12.8 Å². The van der Waals surface area contributed by atoms with Gasteiger partial charge in [-0.1, -0.05) is 12.5 Å². The van der Waals surface area contributed by atoms with Crippen LogP contribution >= 0.6 is 12.4 Å². The molecule has 1 aliphatic carbocycles. The maximum Gasteiger partial charge on any atom is 0.387 e. The Morgan fingerprint density at radius 3 is 2.77 bits per heavy atom. The summed E-state index contributed by atoms with van der Waals surface area (Å²) in [4.78, 5) is 12.0. The molecule has 22 heavy (non-hydrogen) atoms. The van der Waals surface area contributed by atoms with Crippen molar-refractivity contribution in [2.24, 2.45) is 11.7 Å². The lowest BCUT2D eigenvalue weighted by atomic mass is 10.00. The summed E-state index contributed by atoms with van der Waals surface area (Å²) >= 11 is 0. The lowest BCUT2D eigenvalue weighted by Gasteiger charge is -2.15. The first-order valence-corrected chi connectivity index (χ1v) is 7.06. The molecule has 2 rings (SSSR count). The number of carbonyl (C=O) groups is 1. The van der Waals surface area contributed by atoms with Crippen LogP contribution in [0.5, 0.6) is 5.75 Å². The molecule has 0 aromatic heterocycles. The second-order valence-electron chi connectivity index (χ2n) is 5.47. The summed E-state index contributed by atoms with van der Waals surface area (Å²) in [5.41, 5.74) is 6.98. The Hall–Kier alpha value is -1.40. The third-order valence-corrected chi connectivity index (χ3v) is 3.85. The Morgan fingerprint density at radius 2 is 2.18 bits per heavy atom. The van der Waals surface area contributed by atoms with Crippen LogP contribution in [0.3, 0.4) is 0 Å². The van der Waals surface area contributed by atoms with Gasteiger partial charge < -0.3 is 15.8 Å². The third-order valence-electron chi connectivity index (χ3n) is 3.85.